The maximum absolute atomic E-state index is 6.18. The van der Waals surface area contributed by atoms with Gasteiger partial charge in [-0.15, -0.1) is 0 Å². The van der Waals surface area contributed by atoms with Gasteiger partial charge in [0.2, 0.25) is 0 Å². The van der Waals surface area contributed by atoms with E-state index in [1.165, 1.54) is 9.49 Å². The van der Waals surface area contributed by atoms with Crippen molar-refractivity contribution in [3.8, 4) is 5.75 Å². The normalized spacial score (nSPS) is 25.1. The van der Waals surface area contributed by atoms with Crippen LogP contribution in [0.5, 0.6) is 5.75 Å². The molecule has 3 nitrogen and oxygen atoms in total. The summed E-state index contributed by atoms with van der Waals surface area (Å²) < 4.78 is 12.6. The molecule has 0 aromatic heterocycles. The molecule has 112 valence electrons. The number of methoxy groups -OCH3 is 1. The third-order valence-electron chi connectivity index (χ3n) is 3.97. The number of nitrogens with one attached hydrogen (secondary N) is 1. The van der Waals surface area contributed by atoms with E-state index < -0.39 is 22.1 Å². The maximum atomic E-state index is 6.18. The Kier molecular flexibility index (Phi) is 7.71. The van der Waals surface area contributed by atoms with Crippen molar-refractivity contribution in [2.45, 2.75) is 41.6 Å². The number of hydrogen-bond acceptors (Lipinski definition) is 3. The number of halogens is 1. The second kappa shape index (κ2) is 9.28. The van der Waals surface area contributed by atoms with Gasteiger partial charge in [-0.2, -0.15) is 0 Å². The molecule has 1 aromatic rings. The van der Waals surface area contributed by atoms with Gasteiger partial charge in [0.15, 0.2) is 0 Å². The van der Waals surface area contributed by atoms with Crippen LogP contribution in [0.2, 0.25) is 3.93 Å². The van der Waals surface area contributed by atoms with Crippen LogP contribution in [-0.4, -0.2) is 25.3 Å². The Bertz CT molecular complexity index is 440. The number of rotatable bonds is 7. The van der Waals surface area contributed by atoms with Crippen LogP contribution in [0, 0.1) is 0 Å². The molecule has 3 atom stereocenters. The second-order valence-electron chi connectivity index (χ2n) is 5.37. The summed E-state index contributed by atoms with van der Waals surface area (Å²) in [4.78, 5) is 0. The van der Waals surface area contributed by atoms with E-state index in [-0.39, 0.29) is 0 Å². The first-order valence-electron chi connectivity index (χ1n) is 7.46. The zero-order valence-corrected chi connectivity index (χ0v) is 19.6. The molecule has 2 rings (SSSR count). The predicted molar refractivity (Wildman–Crippen MR) is 85.4 cm³/mol. The average molecular weight is 541 g/mol. The first-order valence-corrected chi connectivity index (χ1v) is 23.3. The van der Waals surface area contributed by atoms with Crippen molar-refractivity contribution in [3.05, 3.63) is 42.5 Å². The van der Waals surface area contributed by atoms with Crippen LogP contribution in [0.1, 0.15) is 18.4 Å². The van der Waals surface area contributed by atoms with E-state index in [9.17, 15) is 0 Å². The van der Waals surface area contributed by atoms with Gasteiger partial charge in [0.25, 0.3) is 0 Å². The van der Waals surface area contributed by atoms with Crippen LogP contribution in [0.15, 0.2) is 36.9 Å². The molecule has 0 aliphatic carbocycles. The van der Waals surface area contributed by atoms with Gasteiger partial charge in [-0.1, -0.05) is 0 Å². The number of benzene rings is 1. The molecular formula is C16H22BrHgNO2. The average Bonchev–Trinajstić information content (AvgIpc) is 2.54. The van der Waals surface area contributed by atoms with Gasteiger partial charge in [-0.3, -0.25) is 0 Å². The zero-order valence-electron chi connectivity index (χ0n) is 12.6. The van der Waals surface area contributed by atoms with E-state index in [2.05, 4.69) is 35.9 Å². The Morgan fingerprint density at radius 3 is 2.76 bits per heavy atom. The van der Waals surface area contributed by atoms with E-state index in [4.69, 9.17) is 9.47 Å². The van der Waals surface area contributed by atoms with Crippen molar-refractivity contribution in [3.63, 3.8) is 0 Å². The molecule has 1 fully saturated rings. The van der Waals surface area contributed by atoms with Gasteiger partial charge in [-0.25, -0.2) is 0 Å². The molecule has 1 N–H and O–H groups in total. The molecule has 0 saturated carbocycles. The van der Waals surface area contributed by atoms with Gasteiger partial charge in [0.05, 0.1) is 0 Å². The summed E-state index contributed by atoms with van der Waals surface area (Å²) >= 11 is 2.90. The molecule has 0 radical (unpaired) electrons. The minimum atomic E-state index is -0.849. The fourth-order valence-electron chi connectivity index (χ4n) is 2.71. The van der Waals surface area contributed by atoms with Crippen LogP contribution in [0.4, 0.5) is 0 Å². The van der Waals surface area contributed by atoms with Crippen LogP contribution in [0.25, 0.3) is 0 Å². The quantitative estimate of drug-likeness (QED) is 0.423. The SMILES string of the molecule is C=C[C@@H]1CC[C@@H](OCc2ccc(OC)cc2)[C@@H]([CH2][Hg][Br])N1. The molecule has 1 saturated heterocycles. The molecule has 0 spiro atoms. The fraction of sp³-hybridized carbons (Fsp3) is 0.500. The van der Waals surface area contributed by atoms with Gasteiger partial charge < -0.3 is 0 Å². The molecule has 0 bridgehead atoms. The third kappa shape index (κ3) is 5.34. The summed E-state index contributed by atoms with van der Waals surface area (Å²) in [6.45, 7) is 4.58. The van der Waals surface area contributed by atoms with Crippen molar-refractivity contribution in [2.75, 3.05) is 7.11 Å². The van der Waals surface area contributed by atoms with E-state index >= 15 is 0 Å². The Morgan fingerprint density at radius 1 is 1.38 bits per heavy atom. The molecule has 5 heteroatoms. The van der Waals surface area contributed by atoms with Crippen LogP contribution in [0.3, 0.4) is 0 Å². The van der Waals surface area contributed by atoms with E-state index in [1.54, 1.807) is 7.11 Å². The third-order valence-corrected chi connectivity index (χ3v) is 11.3. The van der Waals surface area contributed by atoms with Gasteiger partial charge in [0.1, 0.15) is 0 Å². The van der Waals surface area contributed by atoms with Gasteiger partial charge in [-0.05, 0) is 0 Å². The second-order valence-corrected chi connectivity index (χ2v) is 16.0. The number of hydrogen-bond donors (Lipinski definition) is 1. The summed E-state index contributed by atoms with van der Waals surface area (Å²) in [5.74, 6) is 0.888. The Hall–Kier alpha value is 0.0951. The monoisotopic (exact) mass is 541 g/mol. The van der Waals surface area contributed by atoms with Gasteiger partial charge >= 0.3 is 146 Å². The van der Waals surface area contributed by atoms with Crippen LogP contribution in [-0.2, 0) is 33.5 Å². The summed E-state index contributed by atoms with van der Waals surface area (Å²) in [5.41, 5.74) is 1.20. The number of piperidine rings is 1. The van der Waals surface area contributed by atoms with Crippen LogP contribution < -0.4 is 10.1 Å². The number of ether oxygens (including phenoxy) is 2. The summed E-state index contributed by atoms with van der Waals surface area (Å²) in [6, 6.07) is 9.05. The molecule has 1 aromatic carbocycles. The summed E-state index contributed by atoms with van der Waals surface area (Å²) in [5, 5.41) is 3.67. The molecule has 0 amide bonds. The molecular weight excluding hydrogens is 519 g/mol. The molecule has 0 unspecified atom stereocenters. The summed E-state index contributed by atoms with van der Waals surface area (Å²) in [6.07, 6.45) is 4.58. The Balaban J connectivity index is 1.88. The Morgan fingerprint density at radius 2 is 2.14 bits per heavy atom. The van der Waals surface area contributed by atoms with Crippen molar-refractivity contribution in [1.82, 2.24) is 5.32 Å². The van der Waals surface area contributed by atoms with Crippen molar-refractivity contribution in [1.29, 1.82) is 0 Å². The Labute approximate surface area is 145 Å². The topological polar surface area (TPSA) is 30.5 Å². The zero-order chi connectivity index (χ0) is 15.1. The standard InChI is InChI=1S/C16H22NO2.BrH.Hg/c1-4-14-7-10-16(12(2)17-14)19-11-13-5-8-15(18-3)9-6-13;;/h4-6,8-9,12,14,16-17H,1-2,7,10-11H2,3H3;1H;/q;;+1/p-1/t12-,14-,16-;;/m1../s1. The van der Waals surface area contributed by atoms with Crippen molar-refractivity contribution < 1.29 is 31.6 Å². The fourth-order valence-corrected chi connectivity index (χ4v) is 10.0. The van der Waals surface area contributed by atoms with Crippen LogP contribution >= 0.6 is 11.9 Å². The van der Waals surface area contributed by atoms with Crippen molar-refractivity contribution in [2.24, 2.45) is 0 Å². The predicted octanol–water partition coefficient (Wildman–Crippen LogP) is 3.70. The van der Waals surface area contributed by atoms with Gasteiger partial charge in [0, 0.05) is 0 Å². The molecule has 21 heavy (non-hydrogen) atoms. The molecule has 1 aliphatic heterocycles. The summed E-state index contributed by atoms with van der Waals surface area (Å²) in [7, 11) is 1.69. The molecule has 1 aliphatic rings. The molecule has 1 heterocycles. The van der Waals surface area contributed by atoms with E-state index in [0.29, 0.717) is 24.8 Å². The first-order chi connectivity index (χ1) is 10.3. The van der Waals surface area contributed by atoms with Crippen molar-refractivity contribution >= 4 is 11.9 Å². The minimum absolute atomic E-state index is 0.320. The van der Waals surface area contributed by atoms with E-state index in [1.807, 2.05) is 18.2 Å². The first kappa shape index (κ1) is 17.4. The van der Waals surface area contributed by atoms with E-state index in [0.717, 1.165) is 18.6 Å².